The molecule has 0 heterocycles. The Hall–Kier alpha value is -0.120. The molecule has 84 valence electrons. The molecule has 1 aliphatic carbocycles. The molecule has 1 saturated carbocycles. The summed E-state index contributed by atoms with van der Waals surface area (Å²) >= 11 is 0. The summed E-state index contributed by atoms with van der Waals surface area (Å²) in [6.45, 7) is 4.04. The largest absolute Gasteiger partial charge is 0.385 e. The van der Waals surface area contributed by atoms with E-state index < -0.39 is 0 Å². The average molecular weight is 200 g/mol. The summed E-state index contributed by atoms with van der Waals surface area (Å²) < 4.78 is 5.08. The van der Waals surface area contributed by atoms with Crippen molar-refractivity contribution >= 4 is 0 Å². The molecule has 2 N–H and O–H groups in total. The quantitative estimate of drug-likeness (QED) is 0.599. The van der Waals surface area contributed by atoms with E-state index >= 15 is 0 Å². The van der Waals surface area contributed by atoms with Gasteiger partial charge in [0.25, 0.3) is 0 Å². The summed E-state index contributed by atoms with van der Waals surface area (Å²) in [4.78, 5) is 2.59. The SMILES string of the molecule is COCCCN(CCCN)C1CCC1. The van der Waals surface area contributed by atoms with E-state index in [1.165, 1.54) is 32.4 Å². The highest BCUT2D eigenvalue weighted by Crippen LogP contribution is 2.24. The Morgan fingerprint density at radius 3 is 2.50 bits per heavy atom. The fourth-order valence-corrected chi connectivity index (χ4v) is 1.94. The molecule has 1 aliphatic rings. The zero-order chi connectivity index (χ0) is 10.2. The van der Waals surface area contributed by atoms with Crippen LogP contribution in [0, 0.1) is 0 Å². The fourth-order valence-electron chi connectivity index (χ4n) is 1.94. The van der Waals surface area contributed by atoms with Crippen LogP contribution in [-0.2, 0) is 4.74 Å². The monoisotopic (exact) mass is 200 g/mol. The summed E-state index contributed by atoms with van der Waals surface area (Å²) in [5.41, 5.74) is 5.54. The molecule has 14 heavy (non-hydrogen) atoms. The molecule has 0 saturated heterocycles. The molecule has 0 spiro atoms. The Balaban J connectivity index is 2.14. The first kappa shape index (κ1) is 12.0. The molecule has 0 aromatic carbocycles. The van der Waals surface area contributed by atoms with Gasteiger partial charge in [0, 0.05) is 26.3 Å². The topological polar surface area (TPSA) is 38.5 Å². The van der Waals surface area contributed by atoms with Crippen LogP contribution >= 0.6 is 0 Å². The number of hydrogen-bond acceptors (Lipinski definition) is 3. The van der Waals surface area contributed by atoms with Crippen LogP contribution in [0.3, 0.4) is 0 Å². The first-order chi connectivity index (χ1) is 6.88. The number of methoxy groups -OCH3 is 1. The van der Waals surface area contributed by atoms with Crippen LogP contribution in [0.4, 0.5) is 0 Å². The highest BCUT2D eigenvalue weighted by molar-refractivity contribution is 4.79. The van der Waals surface area contributed by atoms with Gasteiger partial charge in [-0.05, 0) is 38.8 Å². The first-order valence-electron chi connectivity index (χ1n) is 5.81. The normalized spacial score (nSPS) is 17.4. The number of nitrogens with zero attached hydrogens (tertiary/aromatic N) is 1. The first-order valence-corrected chi connectivity index (χ1v) is 5.81. The van der Waals surface area contributed by atoms with Crippen LogP contribution in [0.1, 0.15) is 32.1 Å². The van der Waals surface area contributed by atoms with Gasteiger partial charge < -0.3 is 15.4 Å². The molecule has 0 bridgehead atoms. The summed E-state index contributed by atoms with van der Waals surface area (Å²) in [6.07, 6.45) is 6.46. The van der Waals surface area contributed by atoms with E-state index in [2.05, 4.69) is 4.90 Å². The Kier molecular flexibility index (Phi) is 6.15. The molecular formula is C11H24N2O. The second-order valence-electron chi connectivity index (χ2n) is 4.11. The number of rotatable bonds is 8. The van der Waals surface area contributed by atoms with Gasteiger partial charge in [-0.3, -0.25) is 0 Å². The van der Waals surface area contributed by atoms with Crippen LogP contribution in [-0.4, -0.2) is 44.3 Å². The van der Waals surface area contributed by atoms with Gasteiger partial charge in [-0.1, -0.05) is 6.42 Å². The Labute approximate surface area is 87.6 Å². The highest BCUT2D eigenvalue weighted by Gasteiger charge is 2.23. The lowest BCUT2D eigenvalue weighted by atomic mass is 9.91. The van der Waals surface area contributed by atoms with Gasteiger partial charge in [0.1, 0.15) is 0 Å². The molecule has 1 fully saturated rings. The molecule has 0 aromatic rings. The minimum atomic E-state index is 0.813. The van der Waals surface area contributed by atoms with Crippen molar-refractivity contribution in [1.82, 2.24) is 4.90 Å². The van der Waals surface area contributed by atoms with Crippen molar-refractivity contribution in [2.45, 2.75) is 38.1 Å². The van der Waals surface area contributed by atoms with E-state index in [0.717, 1.165) is 32.0 Å². The van der Waals surface area contributed by atoms with Gasteiger partial charge in [0.05, 0.1) is 0 Å². The van der Waals surface area contributed by atoms with E-state index in [-0.39, 0.29) is 0 Å². The fraction of sp³-hybridized carbons (Fsp3) is 1.00. The number of nitrogens with two attached hydrogens (primary N) is 1. The van der Waals surface area contributed by atoms with Gasteiger partial charge in [-0.25, -0.2) is 0 Å². The third-order valence-electron chi connectivity index (χ3n) is 3.03. The van der Waals surface area contributed by atoms with E-state index in [9.17, 15) is 0 Å². The van der Waals surface area contributed by atoms with Gasteiger partial charge in [0.2, 0.25) is 0 Å². The van der Waals surface area contributed by atoms with Crippen molar-refractivity contribution in [1.29, 1.82) is 0 Å². The zero-order valence-corrected chi connectivity index (χ0v) is 9.37. The second-order valence-corrected chi connectivity index (χ2v) is 4.11. The Morgan fingerprint density at radius 2 is 2.00 bits per heavy atom. The van der Waals surface area contributed by atoms with E-state index in [1.807, 2.05) is 0 Å². The predicted molar refractivity (Wildman–Crippen MR) is 59.4 cm³/mol. The molecule has 0 aliphatic heterocycles. The van der Waals surface area contributed by atoms with Crippen molar-refractivity contribution in [3.05, 3.63) is 0 Å². The second kappa shape index (κ2) is 7.21. The summed E-state index contributed by atoms with van der Waals surface area (Å²) in [5.74, 6) is 0. The molecule has 3 heteroatoms. The maximum atomic E-state index is 5.54. The number of hydrogen-bond donors (Lipinski definition) is 1. The van der Waals surface area contributed by atoms with E-state index in [1.54, 1.807) is 7.11 Å². The van der Waals surface area contributed by atoms with Crippen LogP contribution in [0.25, 0.3) is 0 Å². The summed E-state index contributed by atoms with van der Waals surface area (Å²) in [6, 6.07) is 0.846. The Bertz CT molecular complexity index is 137. The number of ether oxygens (including phenoxy) is 1. The standard InChI is InChI=1S/C11H24N2O/c1-14-10-4-9-13(8-3-7-12)11-5-2-6-11/h11H,2-10,12H2,1H3. The van der Waals surface area contributed by atoms with Crippen LogP contribution in [0.5, 0.6) is 0 Å². The maximum absolute atomic E-state index is 5.54. The molecule has 0 amide bonds. The molecule has 0 unspecified atom stereocenters. The maximum Gasteiger partial charge on any atom is 0.0474 e. The predicted octanol–water partition coefficient (Wildman–Crippen LogP) is 1.23. The van der Waals surface area contributed by atoms with Gasteiger partial charge >= 0.3 is 0 Å². The van der Waals surface area contributed by atoms with Crippen molar-refractivity contribution in [2.75, 3.05) is 33.4 Å². The van der Waals surface area contributed by atoms with Crippen molar-refractivity contribution in [2.24, 2.45) is 5.73 Å². The molecular weight excluding hydrogens is 176 g/mol. The lowest BCUT2D eigenvalue weighted by Crippen LogP contribution is -2.42. The third kappa shape index (κ3) is 3.95. The summed E-state index contributed by atoms with van der Waals surface area (Å²) in [5, 5.41) is 0. The molecule has 0 radical (unpaired) electrons. The van der Waals surface area contributed by atoms with E-state index in [0.29, 0.717) is 0 Å². The lowest BCUT2D eigenvalue weighted by molar-refractivity contribution is 0.107. The minimum absolute atomic E-state index is 0.813. The average Bonchev–Trinajstić information content (AvgIpc) is 2.11. The summed E-state index contributed by atoms with van der Waals surface area (Å²) in [7, 11) is 1.77. The van der Waals surface area contributed by atoms with Gasteiger partial charge in [-0.2, -0.15) is 0 Å². The van der Waals surface area contributed by atoms with E-state index in [4.69, 9.17) is 10.5 Å². The Morgan fingerprint density at radius 1 is 1.29 bits per heavy atom. The van der Waals surface area contributed by atoms with Crippen LogP contribution in [0.15, 0.2) is 0 Å². The van der Waals surface area contributed by atoms with Crippen molar-refractivity contribution < 1.29 is 4.74 Å². The van der Waals surface area contributed by atoms with Gasteiger partial charge in [-0.15, -0.1) is 0 Å². The molecule has 3 nitrogen and oxygen atoms in total. The third-order valence-corrected chi connectivity index (χ3v) is 3.03. The van der Waals surface area contributed by atoms with Crippen LogP contribution in [0.2, 0.25) is 0 Å². The van der Waals surface area contributed by atoms with Crippen LogP contribution < -0.4 is 5.73 Å². The molecule has 0 aromatic heterocycles. The lowest BCUT2D eigenvalue weighted by Gasteiger charge is -2.37. The zero-order valence-electron chi connectivity index (χ0n) is 9.37. The van der Waals surface area contributed by atoms with Crippen molar-refractivity contribution in [3.8, 4) is 0 Å². The smallest absolute Gasteiger partial charge is 0.0474 e. The molecule has 0 atom stereocenters. The van der Waals surface area contributed by atoms with Crippen molar-refractivity contribution in [3.63, 3.8) is 0 Å². The molecule has 1 rings (SSSR count). The minimum Gasteiger partial charge on any atom is -0.385 e. The highest BCUT2D eigenvalue weighted by atomic mass is 16.5. The van der Waals surface area contributed by atoms with Gasteiger partial charge in [0.15, 0.2) is 0 Å².